The summed E-state index contributed by atoms with van der Waals surface area (Å²) in [5.41, 5.74) is 0.987. The van der Waals surface area contributed by atoms with Crippen molar-refractivity contribution in [1.29, 1.82) is 0 Å². The fourth-order valence-electron chi connectivity index (χ4n) is 2.51. The van der Waals surface area contributed by atoms with Crippen molar-refractivity contribution in [3.63, 3.8) is 0 Å². The maximum absolute atomic E-state index is 13.1. The third-order valence-electron chi connectivity index (χ3n) is 4.03. The van der Waals surface area contributed by atoms with E-state index >= 15 is 0 Å². The fraction of sp³-hybridized carbons (Fsp3) is 0.474. The highest BCUT2D eigenvalue weighted by atomic mass is 19.1. The lowest BCUT2D eigenvalue weighted by atomic mass is 10.2. The van der Waals surface area contributed by atoms with Gasteiger partial charge in [0.15, 0.2) is 0 Å². The van der Waals surface area contributed by atoms with Crippen molar-refractivity contribution in [1.82, 2.24) is 24.7 Å². The van der Waals surface area contributed by atoms with Crippen LogP contribution in [-0.4, -0.2) is 59.1 Å². The predicted octanol–water partition coefficient (Wildman–Crippen LogP) is 2.55. The molecule has 2 amide bonds. The molecule has 0 spiro atoms. The smallest absolute Gasteiger partial charge is 0.317 e. The van der Waals surface area contributed by atoms with Gasteiger partial charge in [0.25, 0.3) is 0 Å². The molecule has 0 saturated heterocycles. The lowest BCUT2D eigenvalue weighted by Crippen LogP contribution is -2.43. The molecular formula is C19H28FN5O. The number of imidazole rings is 1. The fourth-order valence-corrected chi connectivity index (χ4v) is 2.51. The summed E-state index contributed by atoms with van der Waals surface area (Å²) in [6, 6.07) is 6.35. The summed E-state index contributed by atoms with van der Waals surface area (Å²) in [7, 11) is 3.97. The first-order chi connectivity index (χ1) is 12.5. The van der Waals surface area contributed by atoms with Crippen molar-refractivity contribution in [2.24, 2.45) is 0 Å². The maximum atomic E-state index is 13.1. The van der Waals surface area contributed by atoms with Crippen molar-refractivity contribution in [3.05, 3.63) is 53.9 Å². The number of hydrogen-bond acceptors (Lipinski definition) is 3. The summed E-state index contributed by atoms with van der Waals surface area (Å²) in [5.74, 6) is 0.557. The van der Waals surface area contributed by atoms with Crippen molar-refractivity contribution in [2.45, 2.75) is 26.4 Å². The Morgan fingerprint density at radius 2 is 1.96 bits per heavy atom. The van der Waals surface area contributed by atoms with Gasteiger partial charge in [0.2, 0.25) is 0 Å². The quantitative estimate of drug-likeness (QED) is 0.747. The van der Waals surface area contributed by atoms with Gasteiger partial charge in [0.1, 0.15) is 11.6 Å². The molecule has 2 rings (SSSR count). The van der Waals surface area contributed by atoms with Gasteiger partial charge < -0.3 is 19.7 Å². The van der Waals surface area contributed by atoms with E-state index in [-0.39, 0.29) is 11.8 Å². The Balaban J connectivity index is 2.08. The Bertz CT molecular complexity index is 683. The summed E-state index contributed by atoms with van der Waals surface area (Å²) < 4.78 is 15.1. The number of aromatic nitrogens is 2. The van der Waals surface area contributed by atoms with E-state index in [1.165, 1.54) is 12.1 Å². The molecule has 0 atom stereocenters. The standard InChI is InChI=1S/C19H28FN5O/c1-4-9-22-19(26)25(13-12-23(2)3)15-18-21-10-11-24(18)14-16-5-7-17(20)8-6-16/h5-8,10-11H,4,9,12-15H2,1-3H3,(H,22,26). The van der Waals surface area contributed by atoms with Gasteiger partial charge >= 0.3 is 6.03 Å². The largest absolute Gasteiger partial charge is 0.338 e. The van der Waals surface area contributed by atoms with Crippen LogP contribution in [0.25, 0.3) is 0 Å². The molecule has 0 bridgehead atoms. The Morgan fingerprint density at radius 3 is 2.62 bits per heavy atom. The molecule has 0 aliphatic heterocycles. The van der Waals surface area contributed by atoms with E-state index in [9.17, 15) is 9.18 Å². The van der Waals surface area contributed by atoms with E-state index in [1.54, 1.807) is 23.2 Å². The SMILES string of the molecule is CCCNC(=O)N(CCN(C)C)Cc1nccn1Cc1ccc(F)cc1. The van der Waals surface area contributed by atoms with Gasteiger partial charge in [-0.05, 0) is 38.2 Å². The number of benzene rings is 1. The average molecular weight is 361 g/mol. The van der Waals surface area contributed by atoms with Crippen LogP contribution in [0.4, 0.5) is 9.18 Å². The Labute approximate surface area is 154 Å². The van der Waals surface area contributed by atoms with Crippen LogP contribution in [0.3, 0.4) is 0 Å². The summed E-state index contributed by atoms with van der Waals surface area (Å²) in [6.07, 6.45) is 4.51. The molecule has 0 unspecified atom stereocenters. The number of urea groups is 1. The number of hydrogen-bond donors (Lipinski definition) is 1. The molecule has 1 aromatic heterocycles. The number of carbonyl (C=O) groups excluding carboxylic acids is 1. The summed E-state index contributed by atoms with van der Waals surface area (Å²) in [5, 5.41) is 2.93. The second-order valence-corrected chi connectivity index (χ2v) is 6.55. The van der Waals surface area contributed by atoms with E-state index < -0.39 is 0 Å². The lowest BCUT2D eigenvalue weighted by Gasteiger charge is -2.24. The van der Waals surface area contributed by atoms with Crippen LogP contribution in [0.15, 0.2) is 36.7 Å². The minimum atomic E-state index is -0.248. The van der Waals surface area contributed by atoms with Gasteiger partial charge in [-0.1, -0.05) is 19.1 Å². The van der Waals surface area contributed by atoms with Crippen molar-refractivity contribution < 1.29 is 9.18 Å². The number of nitrogens with one attached hydrogen (secondary N) is 1. The third-order valence-corrected chi connectivity index (χ3v) is 4.03. The zero-order chi connectivity index (χ0) is 18.9. The molecule has 1 heterocycles. The molecule has 0 saturated carbocycles. The zero-order valence-electron chi connectivity index (χ0n) is 15.8. The van der Waals surface area contributed by atoms with Crippen LogP contribution in [0.1, 0.15) is 24.7 Å². The van der Waals surface area contributed by atoms with Crippen LogP contribution < -0.4 is 5.32 Å². The highest BCUT2D eigenvalue weighted by Crippen LogP contribution is 2.09. The first-order valence-electron chi connectivity index (χ1n) is 8.91. The van der Waals surface area contributed by atoms with Crippen molar-refractivity contribution in [2.75, 3.05) is 33.7 Å². The lowest BCUT2D eigenvalue weighted by molar-refractivity contribution is 0.186. The Morgan fingerprint density at radius 1 is 1.23 bits per heavy atom. The van der Waals surface area contributed by atoms with Crippen LogP contribution >= 0.6 is 0 Å². The first-order valence-corrected chi connectivity index (χ1v) is 8.91. The van der Waals surface area contributed by atoms with E-state index in [2.05, 4.69) is 10.3 Å². The highest BCUT2D eigenvalue weighted by Gasteiger charge is 2.16. The molecule has 142 valence electrons. The Hall–Kier alpha value is -2.41. The molecular weight excluding hydrogens is 333 g/mol. The normalized spacial score (nSPS) is 11.0. The van der Waals surface area contributed by atoms with Crippen LogP contribution in [-0.2, 0) is 13.1 Å². The number of nitrogens with zero attached hydrogens (tertiary/aromatic N) is 4. The summed E-state index contributed by atoms with van der Waals surface area (Å²) in [4.78, 5) is 20.7. The maximum Gasteiger partial charge on any atom is 0.317 e. The minimum absolute atomic E-state index is 0.0787. The molecule has 1 N–H and O–H groups in total. The van der Waals surface area contributed by atoms with Crippen molar-refractivity contribution in [3.8, 4) is 0 Å². The summed E-state index contributed by atoms with van der Waals surface area (Å²) in [6.45, 7) is 5.09. The molecule has 7 heteroatoms. The van der Waals surface area contributed by atoms with Gasteiger partial charge in [-0.3, -0.25) is 0 Å². The number of carbonyl (C=O) groups is 1. The van der Waals surface area contributed by atoms with Gasteiger partial charge in [0, 0.05) is 38.6 Å². The highest BCUT2D eigenvalue weighted by molar-refractivity contribution is 5.74. The molecule has 1 aromatic carbocycles. The number of rotatable bonds is 9. The second-order valence-electron chi connectivity index (χ2n) is 6.55. The topological polar surface area (TPSA) is 53.4 Å². The van der Waals surface area contributed by atoms with Crippen LogP contribution in [0.2, 0.25) is 0 Å². The van der Waals surface area contributed by atoms with Crippen molar-refractivity contribution >= 4 is 6.03 Å². The van der Waals surface area contributed by atoms with E-state index in [1.807, 2.05) is 36.7 Å². The average Bonchev–Trinajstić information content (AvgIpc) is 3.05. The number of halogens is 1. The molecule has 26 heavy (non-hydrogen) atoms. The zero-order valence-corrected chi connectivity index (χ0v) is 15.8. The molecule has 0 aliphatic rings. The predicted molar refractivity (Wildman–Crippen MR) is 100 cm³/mol. The van der Waals surface area contributed by atoms with Gasteiger partial charge in [-0.2, -0.15) is 0 Å². The monoisotopic (exact) mass is 361 g/mol. The molecule has 0 fully saturated rings. The van der Waals surface area contributed by atoms with E-state index in [0.717, 1.165) is 24.4 Å². The van der Waals surface area contributed by atoms with Gasteiger partial charge in [-0.15, -0.1) is 0 Å². The Kier molecular flexibility index (Phi) is 7.59. The van der Waals surface area contributed by atoms with E-state index in [0.29, 0.717) is 26.2 Å². The molecule has 0 aliphatic carbocycles. The van der Waals surface area contributed by atoms with Crippen LogP contribution in [0, 0.1) is 5.82 Å². The van der Waals surface area contributed by atoms with E-state index in [4.69, 9.17) is 0 Å². The number of likely N-dealkylation sites (N-methyl/N-ethyl adjacent to an activating group) is 1. The summed E-state index contributed by atoms with van der Waals surface area (Å²) >= 11 is 0. The third kappa shape index (κ3) is 6.15. The van der Waals surface area contributed by atoms with Crippen LogP contribution in [0.5, 0.6) is 0 Å². The molecule has 2 aromatic rings. The van der Waals surface area contributed by atoms with Gasteiger partial charge in [-0.25, -0.2) is 14.2 Å². The van der Waals surface area contributed by atoms with Gasteiger partial charge in [0.05, 0.1) is 6.54 Å². The number of amides is 2. The molecule has 0 radical (unpaired) electrons. The minimum Gasteiger partial charge on any atom is -0.338 e. The first kappa shape index (κ1) is 19.9. The molecule has 6 nitrogen and oxygen atoms in total. The second kappa shape index (κ2) is 9.91.